The van der Waals surface area contributed by atoms with Gasteiger partial charge in [0.25, 0.3) is 11.8 Å². The fraction of sp³-hybridized carbons (Fsp3) is 0.296. The minimum atomic E-state index is -0.643. The largest absolute Gasteiger partial charge is 0.361 e. The van der Waals surface area contributed by atoms with Gasteiger partial charge in [-0.25, -0.2) is 5.48 Å². The number of fused-ring (bicyclic) bond motifs is 1. The van der Waals surface area contributed by atoms with Gasteiger partial charge in [0, 0.05) is 41.2 Å². The molecule has 178 valence electrons. The van der Waals surface area contributed by atoms with E-state index >= 15 is 0 Å². The SMILES string of the molecule is CCCCC(C)C(=O)N(CCc1c[nH]c2ccccc12)C(=O)c1ccc(C=CC(=O)NO)cc1. The van der Waals surface area contributed by atoms with Crippen LogP contribution in [0.2, 0.25) is 0 Å². The number of nitrogens with zero attached hydrogens (tertiary/aromatic N) is 1. The summed E-state index contributed by atoms with van der Waals surface area (Å²) in [4.78, 5) is 42.5. The van der Waals surface area contributed by atoms with Gasteiger partial charge in [-0.2, -0.15) is 0 Å². The van der Waals surface area contributed by atoms with Crippen LogP contribution in [0.1, 0.15) is 54.6 Å². The number of nitrogens with one attached hydrogen (secondary N) is 2. The Morgan fingerprint density at radius 1 is 1.12 bits per heavy atom. The maximum atomic E-state index is 13.4. The smallest absolute Gasteiger partial charge is 0.267 e. The molecule has 0 aliphatic carbocycles. The lowest BCUT2D eigenvalue weighted by Crippen LogP contribution is -2.41. The van der Waals surface area contributed by atoms with Crippen LogP contribution < -0.4 is 5.48 Å². The van der Waals surface area contributed by atoms with Gasteiger partial charge in [-0.3, -0.25) is 24.5 Å². The summed E-state index contributed by atoms with van der Waals surface area (Å²) in [5.74, 6) is -1.39. The number of carbonyl (C=O) groups excluding carboxylic acids is 3. The van der Waals surface area contributed by atoms with Crippen molar-refractivity contribution < 1.29 is 19.6 Å². The van der Waals surface area contributed by atoms with Crippen LogP contribution in [0, 0.1) is 5.92 Å². The normalized spacial score (nSPS) is 12.1. The number of hydrogen-bond acceptors (Lipinski definition) is 4. The first-order chi connectivity index (χ1) is 16.4. The highest BCUT2D eigenvalue weighted by Crippen LogP contribution is 2.20. The average Bonchev–Trinajstić information content (AvgIpc) is 3.29. The van der Waals surface area contributed by atoms with Crippen LogP contribution in [0.15, 0.2) is 60.8 Å². The van der Waals surface area contributed by atoms with E-state index in [0.717, 1.165) is 35.7 Å². The fourth-order valence-electron chi connectivity index (χ4n) is 3.88. The number of hydrogen-bond donors (Lipinski definition) is 3. The quantitative estimate of drug-likeness (QED) is 0.231. The van der Waals surface area contributed by atoms with Crippen molar-refractivity contribution in [1.29, 1.82) is 0 Å². The first-order valence-electron chi connectivity index (χ1n) is 11.6. The highest BCUT2D eigenvalue weighted by Gasteiger charge is 2.27. The number of carbonyl (C=O) groups is 3. The van der Waals surface area contributed by atoms with Gasteiger partial charge in [-0.05, 0) is 48.2 Å². The van der Waals surface area contributed by atoms with Gasteiger partial charge in [-0.15, -0.1) is 0 Å². The molecule has 1 heterocycles. The van der Waals surface area contributed by atoms with E-state index in [1.165, 1.54) is 22.5 Å². The number of rotatable bonds is 10. The summed E-state index contributed by atoms with van der Waals surface area (Å²) in [5.41, 5.74) is 4.70. The van der Waals surface area contributed by atoms with E-state index in [9.17, 15) is 14.4 Å². The van der Waals surface area contributed by atoms with Crippen molar-refractivity contribution in [2.75, 3.05) is 6.54 Å². The van der Waals surface area contributed by atoms with Crippen molar-refractivity contribution >= 4 is 34.7 Å². The number of amides is 3. The predicted octanol–water partition coefficient (Wildman–Crippen LogP) is 4.72. The fourth-order valence-corrected chi connectivity index (χ4v) is 3.88. The van der Waals surface area contributed by atoms with E-state index in [0.29, 0.717) is 17.5 Å². The molecule has 34 heavy (non-hydrogen) atoms. The molecular weight excluding hydrogens is 430 g/mol. The van der Waals surface area contributed by atoms with Gasteiger partial charge < -0.3 is 4.98 Å². The summed E-state index contributed by atoms with van der Waals surface area (Å²) in [5, 5.41) is 9.67. The van der Waals surface area contributed by atoms with Crippen LogP contribution in [0.4, 0.5) is 0 Å². The topological polar surface area (TPSA) is 103 Å². The summed E-state index contributed by atoms with van der Waals surface area (Å²) in [6, 6.07) is 14.6. The Kier molecular flexibility index (Phi) is 8.76. The van der Waals surface area contributed by atoms with Gasteiger partial charge >= 0.3 is 0 Å². The van der Waals surface area contributed by atoms with E-state index < -0.39 is 5.91 Å². The maximum Gasteiger partial charge on any atom is 0.267 e. The number of para-hydroxylation sites is 1. The summed E-state index contributed by atoms with van der Waals surface area (Å²) in [7, 11) is 0. The van der Waals surface area contributed by atoms with Crippen LogP contribution in [0.5, 0.6) is 0 Å². The molecule has 0 saturated carbocycles. The number of unbranched alkanes of at least 4 members (excludes halogenated alkanes) is 1. The standard InChI is InChI=1S/C27H31N3O4/c1-3-4-7-19(2)26(32)30(17-16-22-18-28-24-9-6-5-8-23(22)24)27(33)21-13-10-20(11-14-21)12-15-25(31)29-34/h5-6,8-15,18-19,28,34H,3-4,7,16-17H2,1-2H3,(H,29,31). The van der Waals surface area contributed by atoms with Crippen molar-refractivity contribution in [3.63, 3.8) is 0 Å². The Balaban J connectivity index is 1.80. The Labute approximate surface area is 199 Å². The summed E-state index contributed by atoms with van der Waals surface area (Å²) in [6.07, 6.45) is 7.85. The van der Waals surface area contributed by atoms with Crippen LogP contribution in [-0.2, 0) is 16.0 Å². The molecule has 3 N–H and O–H groups in total. The van der Waals surface area contributed by atoms with Crippen LogP contribution in [-0.4, -0.2) is 39.4 Å². The lowest BCUT2D eigenvalue weighted by atomic mass is 10.0. The van der Waals surface area contributed by atoms with E-state index in [1.54, 1.807) is 24.3 Å². The third-order valence-electron chi connectivity index (χ3n) is 5.90. The zero-order valence-corrected chi connectivity index (χ0v) is 19.6. The number of aromatic nitrogens is 1. The van der Waals surface area contributed by atoms with Gasteiger partial charge in [0.1, 0.15) is 0 Å². The second-order valence-electron chi connectivity index (χ2n) is 8.38. The molecule has 3 rings (SSSR count). The Bertz CT molecular complexity index is 1160. The molecule has 0 saturated heterocycles. The molecule has 1 atom stereocenters. The van der Waals surface area contributed by atoms with Crippen molar-refractivity contribution in [3.8, 4) is 0 Å². The van der Waals surface area contributed by atoms with Gasteiger partial charge in [0.15, 0.2) is 0 Å². The number of hydroxylamine groups is 1. The first-order valence-corrected chi connectivity index (χ1v) is 11.6. The number of H-pyrrole nitrogens is 1. The zero-order chi connectivity index (χ0) is 24.5. The van der Waals surface area contributed by atoms with Crippen molar-refractivity contribution in [2.45, 2.75) is 39.5 Å². The Morgan fingerprint density at radius 3 is 2.56 bits per heavy atom. The summed E-state index contributed by atoms with van der Waals surface area (Å²) >= 11 is 0. The molecule has 7 nitrogen and oxygen atoms in total. The third-order valence-corrected chi connectivity index (χ3v) is 5.90. The van der Waals surface area contributed by atoms with Gasteiger partial charge in [0.2, 0.25) is 5.91 Å². The molecule has 0 radical (unpaired) electrons. The van der Waals surface area contributed by atoms with Crippen molar-refractivity contribution in [3.05, 3.63) is 77.5 Å². The number of imide groups is 1. The van der Waals surface area contributed by atoms with Crippen LogP contribution in [0.3, 0.4) is 0 Å². The third kappa shape index (κ3) is 6.20. The maximum absolute atomic E-state index is 13.4. The van der Waals surface area contributed by atoms with E-state index in [2.05, 4.69) is 11.9 Å². The van der Waals surface area contributed by atoms with Crippen LogP contribution in [0.25, 0.3) is 17.0 Å². The highest BCUT2D eigenvalue weighted by molar-refractivity contribution is 6.05. The predicted molar refractivity (Wildman–Crippen MR) is 132 cm³/mol. The molecule has 0 bridgehead atoms. The second kappa shape index (κ2) is 12.0. The van der Waals surface area contributed by atoms with Crippen molar-refractivity contribution in [1.82, 2.24) is 15.4 Å². The van der Waals surface area contributed by atoms with E-state index in [1.807, 2.05) is 37.4 Å². The molecule has 7 heteroatoms. The summed E-state index contributed by atoms with van der Waals surface area (Å²) < 4.78 is 0. The van der Waals surface area contributed by atoms with Crippen LogP contribution >= 0.6 is 0 Å². The number of benzene rings is 2. The molecule has 1 aromatic heterocycles. The molecule has 0 aliphatic heterocycles. The van der Waals surface area contributed by atoms with E-state index in [4.69, 9.17) is 5.21 Å². The second-order valence-corrected chi connectivity index (χ2v) is 8.38. The average molecular weight is 462 g/mol. The number of aromatic amines is 1. The minimum absolute atomic E-state index is 0.165. The van der Waals surface area contributed by atoms with Crippen molar-refractivity contribution in [2.24, 2.45) is 5.92 Å². The Hall–Kier alpha value is -3.71. The molecular formula is C27H31N3O4. The lowest BCUT2D eigenvalue weighted by molar-refractivity contribution is -0.132. The molecule has 1 unspecified atom stereocenters. The van der Waals surface area contributed by atoms with E-state index in [-0.39, 0.29) is 24.3 Å². The molecule has 2 aromatic carbocycles. The zero-order valence-electron chi connectivity index (χ0n) is 19.6. The monoisotopic (exact) mass is 461 g/mol. The molecule has 0 fully saturated rings. The minimum Gasteiger partial charge on any atom is -0.361 e. The van der Waals surface area contributed by atoms with Gasteiger partial charge in [0.05, 0.1) is 0 Å². The molecule has 0 spiro atoms. The first kappa shape index (κ1) is 24.9. The Morgan fingerprint density at radius 2 is 1.85 bits per heavy atom. The molecule has 0 aliphatic rings. The lowest BCUT2D eigenvalue weighted by Gasteiger charge is -2.24. The molecule has 3 amide bonds. The summed E-state index contributed by atoms with van der Waals surface area (Å²) in [6.45, 7) is 4.25. The highest BCUT2D eigenvalue weighted by atomic mass is 16.5. The molecule has 3 aromatic rings. The van der Waals surface area contributed by atoms with Gasteiger partial charge in [-0.1, -0.05) is 57.0 Å².